The Labute approximate surface area is 182 Å². The smallest absolute Gasteiger partial charge is 0.254 e. The van der Waals surface area contributed by atoms with E-state index in [1.54, 1.807) is 38.6 Å². The highest BCUT2D eigenvalue weighted by Gasteiger charge is 2.26. The minimum atomic E-state index is -0.00164. The van der Waals surface area contributed by atoms with Gasteiger partial charge in [0.25, 0.3) is 5.91 Å². The van der Waals surface area contributed by atoms with Crippen molar-refractivity contribution in [2.75, 3.05) is 45.3 Å². The quantitative estimate of drug-likeness (QED) is 0.631. The largest absolute Gasteiger partial charge is 0.493 e. The van der Waals surface area contributed by atoms with Gasteiger partial charge in [0, 0.05) is 37.9 Å². The van der Waals surface area contributed by atoms with Gasteiger partial charge in [-0.3, -0.25) is 4.79 Å². The Bertz CT molecular complexity index is 1070. The first kappa shape index (κ1) is 20.7. The van der Waals surface area contributed by atoms with Crippen LogP contribution in [0.5, 0.6) is 11.5 Å². The molecule has 8 heteroatoms. The van der Waals surface area contributed by atoms with Crippen LogP contribution in [-0.2, 0) is 0 Å². The lowest BCUT2D eigenvalue weighted by Gasteiger charge is -2.36. The number of hydrogen-bond acceptors (Lipinski definition) is 6. The van der Waals surface area contributed by atoms with Gasteiger partial charge in [0.05, 0.1) is 31.3 Å². The average Bonchev–Trinajstić information content (AvgIpc) is 3.12. The molecule has 1 aliphatic heterocycles. The summed E-state index contributed by atoms with van der Waals surface area (Å²) < 4.78 is 12.5. The summed E-state index contributed by atoms with van der Waals surface area (Å²) in [7, 11) is 3.15. The van der Waals surface area contributed by atoms with E-state index in [2.05, 4.69) is 16.8 Å². The third kappa shape index (κ3) is 3.93. The molecule has 1 saturated heterocycles. The van der Waals surface area contributed by atoms with Gasteiger partial charge in [-0.2, -0.15) is 5.10 Å². The molecular weight excluding hydrogens is 394 g/mol. The first-order chi connectivity index (χ1) is 15.0. The number of amides is 1. The summed E-state index contributed by atoms with van der Waals surface area (Å²) in [5, 5.41) is 4.70. The fraction of sp³-hybridized carbons (Fsp3) is 0.348. The maximum absolute atomic E-state index is 13.0. The van der Waals surface area contributed by atoms with Crippen LogP contribution in [0.15, 0.2) is 42.6 Å². The third-order valence-electron chi connectivity index (χ3n) is 5.63. The van der Waals surface area contributed by atoms with E-state index in [0.29, 0.717) is 30.2 Å². The van der Waals surface area contributed by atoms with Crippen LogP contribution in [0, 0.1) is 13.8 Å². The van der Waals surface area contributed by atoms with Gasteiger partial charge < -0.3 is 19.3 Å². The van der Waals surface area contributed by atoms with E-state index < -0.39 is 0 Å². The number of aromatic nitrogens is 3. The van der Waals surface area contributed by atoms with Gasteiger partial charge in [0.2, 0.25) is 0 Å². The van der Waals surface area contributed by atoms with Crippen LogP contribution in [0.25, 0.3) is 5.82 Å². The van der Waals surface area contributed by atoms with E-state index in [0.717, 1.165) is 36.0 Å². The number of pyridine rings is 1. The predicted octanol–water partition coefficient (Wildman–Crippen LogP) is 2.86. The molecule has 0 N–H and O–H groups in total. The molecule has 0 unspecified atom stereocenters. The maximum atomic E-state index is 13.0. The summed E-state index contributed by atoms with van der Waals surface area (Å²) in [6.07, 6.45) is 1.77. The highest BCUT2D eigenvalue weighted by atomic mass is 16.5. The molecule has 0 bridgehead atoms. The van der Waals surface area contributed by atoms with Crippen LogP contribution in [0.3, 0.4) is 0 Å². The van der Waals surface area contributed by atoms with E-state index in [4.69, 9.17) is 14.6 Å². The highest BCUT2D eigenvalue weighted by molar-refractivity contribution is 5.95. The van der Waals surface area contributed by atoms with Crippen molar-refractivity contribution in [2.24, 2.45) is 0 Å². The zero-order chi connectivity index (χ0) is 22.0. The fourth-order valence-electron chi connectivity index (χ4n) is 4.08. The first-order valence-electron chi connectivity index (χ1n) is 10.3. The van der Waals surface area contributed by atoms with Crippen molar-refractivity contribution in [1.29, 1.82) is 0 Å². The molecular formula is C23H27N5O3. The van der Waals surface area contributed by atoms with Crippen LogP contribution < -0.4 is 14.4 Å². The molecule has 1 aromatic carbocycles. The van der Waals surface area contributed by atoms with Gasteiger partial charge in [-0.25, -0.2) is 9.67 Å². The van der Waals surface area contributed by atoms with Gasteiger partial charge in [-0.1, -0.05) is 6.07 Å². The predicted molar refractivity (Wildman–Crippen MR) is 118 cm³/mol. The normalized spacial score (nSPS) is 13.9. The topological polar surface area (TPSA) is 72.7 Å². The molecule has 1 aliphatic rings. The first-order valence-corrected chi connectivity index (χ1v) is 10.3. The molecule has 1 amide bonds. The summed E-state index contributed by atoms with van der Waals surface area (Å²) in [5.41, 5.74) is 3.73. The van der Waals surface area contributed by atoms with E-state index in [1.165, 1.54) is 0 Å². The van der Waals surface area contributed by atoms with Crippen LogP contribution in [-0.4, -0.2) is 66.0 Å². The van der Waals surface area contributed by atoms with Crippen LogP contribution in [0.2, 0.25) is 0 Å². The van der Waals surface area contributed by atoms with Crippen LogP contribution in [0.4, 0.5) is 5.69 Å². The number of nitrogens with zero attached hydrogens (tertiary/aromatic N) is 5. The Morgan fingerprint density at radius 3 is 2.35 bits per heavy atom. The minimum Gasteiger partial charge on any atom is -0.493 e. The Morgan fingerprint density at radius 1 is 0.968 bits per heavy atom. The number of hydrogen-bond donors (Lipinski definition) is 0. The van der Waals surface area contributed by atoms with Crippen molar-refractivity contribution < 1.29 is 14.3 Å². The van der Waals surface area contributed by atoms with Gasteiger partial charge in [-0.15, -0.1) is 0 Å². The van der Waals surface area contributed by atoms with Gasteiger partial charge in [0.15, 0.2) is 17.3 Å². The van der Waals surface area contributed by atoms with E-state index in [-0.39, 0.29) is 5.91 Å². The number of methoxy groups -OCH3 is 2. The maximum Gasteiger partial charge on any atom is 0.254 e. The fourth-order valence-corrected chi connectivity index (χ4v) is 4.08. The Morgan fingerprint density at radius 2 is 1.71 bits per heavy atom. The molecule has 0 spiro atoms. The molecule has 0 saturated carbocycles. The molecule has 2 aromatic heterocycles. The molecule has 0 aliphatic carbocycles. The second kappa shape index (κ2) is 8.67. The summed E-state index contributed by atoms with van der Waals surface area (Å²) in [4.78, 5) is 21.6. The minimum absolute atomic E-state index is 0.00164. The van der Waals surface area contributed by atoms with Gasteiger partial charge in [0.1, 0.15) is 0 Å². The van der Waals surface area contributed by atoms with E-state index in [1.807, 2.05) is 34.7 Å². The number of carbonyl (C=O) groups excluding carboxylic acids is 1. The molecule has 4 rings (SSSR count). The number of aryl methyl sites for hydroxylation is 1. The van der Waals surface area contributed by atoms with Crippen molar-refractivity contribution in [3.05, 3.63) is 59.5 Å². The van der Waals surface area contributed by atoms with Gasteiger partial charge >= 0.3 is 0 Å². The Kier molecular flexibility index (Phi) is 5.79. The molecule has 0 atom stereocenters. The second-order valence-electron chi connectivity index (χ2n) is 7.47. The molecule has 8 nitrogen and oxygen atoms in total. The van der Waals surface area contributed by atoms with E-state index >= 15 is 0 Å². The summed E-state index contributed by atoms with van der Waals surface area (Å²) >= 11 is 0. The van der Waals surface area contributed by atoms with Crippen molar-refractivity contribution in [3.63, 3.8) is 0 Å². The standard InChI is InChI=1S/C23H27N5O3/c1-16-22(17(2)28(25-16)21-7-5-6-10-24-21)26-11-13-27(14-12-26)23(29)18-8-9-19(30-3)20(15-18)31-4/h5-10,15H,11-14H2,1-4H3. The number of anilines is 1. The zero-order valence-electron chi connectivity index (χ0n) is 18.3. The zero-order valence-corrected chi connectivity index (χ0v) is 18.3. The number of piperazine rings is 1. The number of rotatable bonds is 5. The number of benzene rings is 1. The van der Waals surface area contributed by atoms with Gasteiger partial charge in [-0.05, 0) is 44.2 Å². The molecule has 0 radical (unpaired) electrons. The number of carbonyl (C=O) groups is 1. The lowest BCUT2D eigenvalue weighted by Crippen LogP contribution is -2.49. The van der Waals surface area contributed by atoms with Crippen LogP contribution in [0.1, 0.15) is 21.7 Å². The monoisotopic (exact) mass is 421 g/mol. The third-order valence-corrected chi connectivity index (χ3v) is 5.63. The lowest BCUT2D eigenvalue weighted by atomic mass is 10.1. The highest BCUT2D eigenvalue weighted by Crippen LogP contribution is 2.30. The summed E-state index contributed by atoms with van der Waals surface area (Å²) in [6, 6.07) is 11.1. The lowest BCUT2D eigenvalue weighted by molar-refractivity contribution is 0.0746. The van der Waals surface area contributed by atoms with Crippen molar-refractivity contribution in [3.8, 4) is 17.3 Å². The summed E-state index contributed by atoms with van der Waals surface area (Å²) in [5.74, 6) is 1.97. The Hall–Kier alpha value is -3.55. The van der Waals surface area contributed by atoms with E-state index in [9.17, 15) is 4.79 Å². The molecule has 162 valence electrons. The molecule has 31 heavy (non-hydrogen) atoms. The second-order valence-corrected chi connectivity index (χ2v) is 7.47. The van der Waals surface area contributed by atoms with Crippen LogP contribution >= 0.6 is 0 Å². The average molecular weight is 422 g/mol. The molecule has 1 fully saturated rings. The summed E-state index contributed by atoms with van der Waals surface area (Å²) in [6.45, 7) is 6.85. The molecule has 3 aromatic rings. The SMILES string of the molecule is COc1ccc(C(=O)N2CCN(c3c(C)nn(-c4ccccn4)c3C)CC2)cc1OC. The Balaban J connectivity index is 1.48. The van der Waals surface area contributed by atoms with Crippen molar-refractivity contribution >= 4 is 11.6 Å². The number of ether oxygens (including phenoxy) is 2. The van der Waals surface area contributed by atoms with Crippen molar-refractivity contribution in [2.45, 2.75) is 13.8 Å². The van der Waals surface area contributed by atoms with Crippen molar-refractivity contribution in [1.82, 2.24) is 19.7 Å². The molecule has 3 heterocycles.